The number of para-hydroxylation sites is 1. The van der Waals surface area contributed by atoms with Crippen LogP contribution in [0, 0.1) is 0 Å². The van der Waals surface area contributed by atoms with E-state index in [1.54, 1.807) is 24.3 Å². The van der Waals surface area contributed by atoms with Gasteiger partial charge in [-0.3, -0.25) is 9.59 Å². The Balaban J connectivity index is 2.02. The minimum absolute atomic E-state index is 0.0320. The Morgan fingerprint density at radius 2 is 1.72 bits per heavy atom. The molecular formula is C19H20O6. The number of methoxy groups -OCH3 is 1. The third-order valence-electron chi connectivity index (χ3n) is 3.64. The molecule has 0 spiro atoms. The predicted molar refractivity (Wildman–Crippen MR) is 91.0 cm³/mol. The first-order valence-electron chi connectivity index (χ1n) is 7.78. The summed E-state index contributed by atoms with van der Waals surface area (Å²) in [6.45, 7) is -0.0784. The maximum absolute atomic E-state index is 12.4. The second kappa shape index (κ2) is 8.84. The zero-order valence-corrected chi connectivity index (χ0v) is 13.9. The Bertz CT molecular complexity index is 753. The Kier molecular flexibility index (Phi) is 6.54. The highest BCUT2D eigenvalue weighted by atomic mass is 16.7. The second-order valence-electron chi connectivity index (χ2n) is 5.47. The number of rotatable bonds is 9. The van der Waals surface area contributed by atoms with Crippen LogP contribution in [0.2, 0.25) is 0 Å². The highest BCUT2D eigenvalue weighted by Gasteiger charge is 2.20. The van der Waals surface area contributed by atoms with Crippen molar-refractivity contribution in [3.8, 4) is 17.2 Å². The molecular weight excluding hydrogens is 324 g/mol. The van der Waals surface area contributed by atoms with Crippen LogP contribution in [0.5, 0.6) is 17.2 Å². The summed E-state index contributed by atoms with van der Waals surface area (Å²) in [7, 11) is 1.44. The largest absolute Gasteiger partial charge is 0.508 e. The van der Waals surface area contributed by atoms with E-state index in [2.05, 4.69) is 0 Å². The van der Waals surface area contributed by atoms with Crippen molar-refractivity contribution >= 4 is 11.6 Å². The number of ketones is 2. The molecule has 2 N–H and O–H groups in total. The highest BCUT2D eigenvalue weighted by molar-refractivity contribution is 6.10. The van der Waals surface area contributed by atoms with Crippen molar-refractivity contribution in [3.63, 3.8) is 0 Å². The van der Waals surface area contributed by atoms with Crippen LogP contribution in [-0.4, -0.2) is 35.7 Å². The lowest BCUT2D eigenvalue weighted by Crippen LogP contribution is -2.11. The molecule has 0 unspecified atom stereocenters. The molecule has 0 aliphatic rings. The summed E-state index contributed by atoms with van der Waals surface area (Å²) in [5.74, 6) is -0.759. The molecule has 0 saturated carbocycles. The fourth-order valence-corrected chi connectivity index (χ4v) is 2.39. The van der Waals surface area contributed by atoms with Gasteiger partial charge in [-0.15, -0.1) is 0 Å². The van der Waals surface area contributed by atoms with Gasteiger partial charge < -0.3 is 19.7 Å². The van der Waals surface area contributed by atoms with E-state index in [1.165, 1.54) is 25.3 Å². The molecule has 25 heavy (non-hydrogen) atoms. The maximum Gasteiger partial charge on any atom is 0.188 e. The molecule has 0 bridgehead atoms. The quantitative estimate of drug-likeness (QED) is 0.413. The number of carbonyl (C=O) groups excluding carboxylic acids is 2. The normalized spacial score (nSPS) is 10.4. The van der Waals surface area contributed by atoms with Crippen LogP contribution in [-0.2, 0) is 16.0 Å². The number of aryl methyl sites for hydroxylation is 1. The highest BCUT2D eigenvalue weighted by Crippen LogP contribution is 2.29. The first-order chi connectivity index (χ1) is 12.0. The van der Waals surface area contributed by atoms with Crippen molar-refractivity contribution < 1.29 is 29.3 Å². The van der Waals surface area contributed by atoms with Crippen LogP contribution in [0.15, 0.2) is 42.5 Å². The molecule has 6 nitrogen and oxygen atoms in total. The minimum atomic E-state index is -0.522. The van der Waals surface area contributed by atoms with Crippen molar-refractivity contribution in [1.82, 2.24) is 0 Å². The summed E-state index contributed by atoms with van der Waals surface area (Å²) in [5.41, 5.74) is 0.616. The van der Waals surface area contributed by atoms with Crippen LogP contribution in [0.25, 0.3) is 0 Å². The van der Waals surface area contributed by atoms with E-state index >= 15 is 0 Å². The Labute approximate surface area is 145 Å². The first-order valence-corrected chi connectivity index (χ1v) is 7.78. The minimum Gasteiger partial charge on any atom is -0.508 e. The molecule has 0 heterocycles. The zero-order valence-electron chi connectivity index (χ0n) is 13.9. The van der Waals surface area contributed by atoms with Gasteiger partial charge in [0.1, 0.15) is 28.6 Å². The third-order valence-corrected chi connectivity index (χ3v) is 3.64. The number of benzene rings is 2. The van der Waals surface area contributed by atoms with E-state index in [4.69, 9.17) is 9.47 Å². The topological polar surface area (TPSA) is 93.1 Å². The van der Waals surface area contributed by atoms with Crippen LogP contribution >= 0.6 is 0 Å². The SMILES string of the molecule is COCOc1cccc(O)c1C(=O)CC(=O)CCc1ccccc1O. The maximum atomic E-state index is 12.4. The molecule has 0 radical (unpaired) electrons. The molecule has 0 fully saturated rings. The molecule has 0 saturated heterocycles. The van der Waals surface area contributed by atoms with Crippen molar-refractivity contribution in [1.29, 1.82) is 0 Å². The Morgan fingerprint density at radius 1 is 1.00 bits per heavy atom. The molecule has 132 valence electrons. The monoisotopic (exact) mass is 344 g/mol. The van der Waals surface area contributed by atoms with Crippen molar-refractivity contribution in [2.24, 2.45) is 0 Å². The number of aromatic hydroxyl groups is 2. The lowest BCUT2D eigenvalue weighted by molar-refractivity contribution is -0.118. The van der Waals surface area contributed by atoms with Gasteiger partial charge in [0.15, 0.2) is 12.6 Å². The first kappa shape index (κ1) is 18.5. The Hall–Kier alpha value is -2.86. The van der Waals surface area contributed by atoms with E-state index in [0.29, 0.717) is 12.0 Å². The standard InChI is InChI=1S/C19H20O6/c1-24-12-25-18-8-4-7-16(22)19(18)17(23)11-14(20)10-9-13-5-2-3-6-15(13)21/h2-8,21-22H,9-12H2,1H3. The molecule has 0 atom stereocenters. The Morgan fingerprint density at radius 3 is 2.44 bits per heavy atom. The van der Waals surface area contributed by atoms with E-state index in [1.807, 2.05) is 0 Å². The number of Topliss-reactive ketones (excluding diaryl/α,β-unsaturated/α-hetero) is 2. The van der Waals surface area contributed by atoms with E-state index in [9.17, 15) is 19.8 Å². The summed E-state index contributed by atoms with van der Waals surface area (Å²) in [5, 5.41) is 19.6. The number of carbonyl (C=O) groups is 2. The van der Waals surface area contributed by atoms with Crippen molar-refractivity contribution in [3.05, 3.63) is 53.6 Å². The average Bonchev–Trinajstić information content (AvgIpc) is 2.59. The number of phenolic OH excluding ortho intramolecular Hbond substituents is 2. The molecule has 2 aromatic carbocycles. The van der Waals surface area contributed by atoms with Gasteiger partial charge in [-0.05, 0) is 30.2 Å². The van der Waals surface area contributed by atoms with Crippen LogP contribution in [0.1, 0.15) is 28.8 Å². The lowest BCUT2D eigenvalue weighted by Gasteiger charge is -2.11. The van der Waals surface area contributed by atoms with Gasteiger partial charge >= 0.3 is 0 Å². The average molecular weight is 344 g/mol. The van der Waals surface area contributed by atoms with Gasteiger partial charge in [-0.2, -0.15) is 0 Å². The molecule has 0 aromatic heterocycles. The molecule has 0 aliphatic carbocycles. The van der Waals surface area contributed by atoms with Gasteiger partial charge in [-0.1, -0.05) is 24.3 Å². The van der Waals surface area contributed by atoms with Crippen LogP contribution < -0.4 is 4.74 Å². The number of hydrogen-bond donors (Lipinski definition) is 2. The summed E-state index contributed by atoms with van der Waals surface area (Å²) in [4.78, 5) is 24.5. The van der Waals surface area contributed by atoms with Crippen molar-refractivity contribution in [2.75, 3.05) is 13.9 Å². The molecule has 0 aliphatic heterocycles. The van der Waals surface area contributed by atoms with E-state index < -0.39 is 5.78 Å². The predicted octanol–water partition coefficient (Wildman–Crippen LogP) is 2.86. The van der Waals surface area contributed by atoms with E-state index in [0.717, 1.165) is 0 Å². The van der Waals surface area contributed by atoms with E-state index in [-0.39, 0.29) is 48.2 Å². The summed E-state index contributed by atoms with van der Waals surface area (Å²) in [6, 6.07) is 11.2. The smallest absolute Gasteiger partial charge is 0.188 e. The van der Waals surface area contributed by atoms with Gasteiger partial charge in [0.2, 0.25) is 0 Å². The fraction of sp³-hybridized carbons (Fsp3) is 0.263. The molecule has 2 aromatic rings. The second-order valence-corrected chi connectivity index (χ2v) is 5.47. The summed E-state index contributed by atoms with van der Waals surface area (Å²) < 4.78 is 10.1. The third kappa shape index (κ3) is 5.06. The number of phenols is 2. The summed E-state index contributed by atoms with van der Waals surface area (Å²) in [6.07, 6.45) is 0.103. The van der Waals surface area contributed by atoms with Gasteiger partial charge in [0.05, 0.1) is 6.42 Å². The number of hydrogen-bond acceptors (Lipinski definition) is 6. The molecule has 2 rings (SSSR count). The number of ether oxygens (including phenoxy) is 2. The summed E-state index contributed by atoms with van der Waals surface area (Å²) >= 11 is 0. The lowest BCUT2D eigenvalue weighted by atomic mass is 10.00. The van der Waals surface area contributed by atoms with Gasteiger partial charge in [-0.25, -0.2) is 0 Å². The van der Waals surface area contributed by atoms with Crippen LogP contribution in [0.4, 0.5) is 0 Å². The van der Waals surface area contributed by atoms with Gasteiger partial charge in [0.25, 0.3) is 0 Å². The van der Waals surface area contributed by atoms with Crippen molar-refractivity contribution in [2.45, 2.75) is 19.3 Å². The molecule has 6 heteroatoms. The fourth-order valence-electron chi connectivity index (χ4n) is 2.39. The zero-order chi connectivity index (χ0) is 18.2. The van der Waals surface area contributed by atoms with Gasteiger partial charge in [0, 0.05) is 13.5 Å². The molecule has 0 amide bonds. The van der Waals surface area contributed by atoms with Crippen LogP contribution in [0.3, 0.4) is 0 Å².